The molecular weight excluding hydrogens is 430 g/mol. The summed E-state index contributed by atoms with van der Waals surface area (Å²) in [6, 6.07) is 12.2. The summed E-state index contributed by atoms with van der Waals surface area (Å²) >= 11 is 1.44. The lowest BCUT2D eigenvalue weighted by Gasteiger charge is -2.24. The van der Waals surface area contributed by atoms with Gasteiger partial charge in [-0.25, -0.2) is 13.4 Å². The second-order valence-corrected chi connectivity index (χ2v) is 10.5. The number of fused-ring (bicyclic) bond motifs is 1. The number of hydrogen-bond donors (Lipinski definition) is 0. The zero-order chi connectivity index (χ0) is 22.6. The highest BCUT2D eigenvalue weighted by molar-refractivity contribution is 7.92. The second-order valence-electron chi connectivity index (χ2n) is 7.57. The maximum Gasteiger partial charge on any atom is 0.244 e. The first-order valence-corrected chi connectivity index (χ1v) is 12.9. The molecule has 0 aliphatic rings. The third kappa shape index (κ3) is 5.50. The summed E-state index contributed by atoms with van der Waals surface area (Å²) < 4.78 is 26.7. The third-order valence-corrected chi connectivity index (χ3v) is 8.14. The highest BCUT2D eigenvalue weighted by atomic mass is 32.2. The first kappa shape index (κ1) is 23.4. The molecule has 0 spiro atoms. The van der Waals surface area contributed by atoms with Gasteiger partial charge in [-0.3, -0.25) is 9.69 Å². The number of carbonyl (C=O) groups excluding carboxylic acids is 1. The van der Waals surface area contributed by atoms with Crippen LogP contribution in [0.25, 0.3) is 10.2 Å². The molecule has 2 aromatic carbocycles. The normalized spacial score (nSPS) is 11.9. The van der Waals surface area contributed by atoms with Gasteiger partial charge < -0.3 is 4.90 Å². The number of likely N-dealkylation sites (N-methyl/N-ethyl adjacent to an activating group) is 1. The topological polar surface area (TPSA) is 70.6 Å². The van der Waals surface area contributed by atoms with E-state index in [1.54, 1.807) is 18.2 Å². The first-order valence-electron chi connectivity index (χ1n) is 10.4. The molecule has 0 saturated heterocycles. The number of aryl methyl sites for hydroxylation is 2. The van der Waals surface area contributed by atoms with Gasteiger partial charge in [0.1, 0.15) is 5.75 Å². The lowest BCUT2D eigenvalue weighted by molar-refractivity contribution is -0.116. The van der Waals surface area contributed by atoms with Crippen molar-refractivity contribution < 1.29 is 13.2 Å². The minimum Gasteiger partial charge on any atom is -0.302 e. The van der Waals surface area contributed by atoms with E-state index in [0.717, 1.165) is 34.4 Å². The molecule has 0 N–H and O–H groups in total. The Bertz CT molecular complexity index is 1150. The van der Waals surface area contributed by atoms with E-state index in [4.69, 9.17) is 4.98 Å². The molecule has 0 aliphatic carbocycles. The van der Waals surface area contributed by atoms with Gasteiger partial charge in [-0.1, -0.05) is 49.4 Å². The fourth-order valence-corrected chi connectivity index (χ4v) is 5.82. The molecule has 8 heteroatoms. The van der Waals surface area contributed by atoms with E-state index in [0.29, 0.717) is 18.2 Å². The van der Waals surface area contributed by atoms with Crippen LogP contribution in [-0.4, -0.2) is 56.1 Å². The Hall–Kier alpha value is -2.29. The minimum atomic E-state index is -3.74. The number of anilines is 1. The summed E-state index contributed by atoms with van der Waals surface area (Å²) in [5.41, 5.74) is 3.05. The molecular formula is C23H29N3O3S2. The maximum absolute atomic E-state index is 13.2. The van der Waals surface area contributed by atoms with E-state index in [1.165, 1.54) is 28.4 Å². The van der Waals surface area contributed by atoms with Crippen molar-refractivity contribution in [3.05, 3.63) is 53.6 Å². The van der Waals surface area contributed by atoms with E-state index >= 15 is 0 Å². The van der Waals surface area contributed by atoms with Crippen LogP contribution < -0.4 is 4.90 Å². The van der Waals surface area contributed by atoms with Gasteiger partial charge in [0.15, 0.2) is 15.0 Å². The van der Waals surface area contributed by atoms with Gasteiger partial charge in [0.05, 0.1) is 15.1 Å². The van der Waals surface area contributed by atoms with Crippen LogP contribution in [0.15, 0.2) is 47.4 Å². The molecule has 31 heavy (non-hydrogen) atoms. The molecule has 3 rings (SSSR count). The summed E-state index contributed by atoms with van der Waals surface area (Å²) in [5.74, 6) is -1.03. The van der Waals surface area contributed by atoms with Crippen LogP contribution >= 0.6 is 11.3 Å². The van der Waals surface area contributed by atoms with Crippen molar-refractivity contribution in [1.82, 2.24) is 9.88 Å². The number of nitrogens with zero attached hydrogens (tertiary/aromatic N) is 3. The van der Waals surface area contributed by atoms with E-state index < -0.39 is 21.5 Å². The number of sulfone groups is 1. The molecule has 0 unspecified atom stereocenters. The van der Waals surface area contributed by atoms with Gasteiger partial charge in [-0.15, -0.1) is 0 Å². The molecule has 3 aromatic rings. The number of rotatable bonds is 9. The van der Waals surface area contributed by atoms with Crippen LogP contribution in [0.1, 0.15) is 25.0 Å². The van der Waals surface area contributed by atoms with Gasteiger partial charge in [-0.05, 0) is 56.3 Å². The zero-order valence-electron chi connectivity index (χ0n) is 18.5. The Morgan fingerprint density at radius 1 is 1.03 bits per heavy atom. The molecule has 1 heterocycles. The largest absolute Gasteiger partial charge is 0.302 e. The Labute approximate surface area is 188 Å². The van der Waals surface area contributed by atoms with Gasteiger partial charge in [-0.2, -0.15) is 0 Å². The highest BCUT2D eigenvalue weighted by Crippen LogP contribution is 2.32. The quantitative estimate of drug-likeness (QED) is 0.483. The third-order valence-electron chi connectivity index (χ3n) is 5.29. The number of benzene rings is 2. The molecule has 0 saturated carbocycles. The Morgan fingerprint density at radius 2 is 1.71 bits per heavy atom. The average Bonchev–Trinajstić information content (AvgIpc) is 3.15. The molecule has 0 atom stereocenters. The SMILES string of the molecule is CCN(CC)CCN(C(=O)CS(=O)(=O)c1ccccc1)c1nc2cc(C)cc(C)c2s1. The molecule has 0 bridgehead atoms. The van der Waals surface area contributed by atoms with E-state index in [-0.39, 0.29) is 4.90 Å². The molecule has 1 aromatic heterocycles. The Balaban J connectivity index is 1.94. The molecule has 0 fully saturated rings. The molecule has 1 amide bonds. The predicted molar refractivity (Wildman–Crippen MR) is 128 cm³/mol. The van der Waals surface area contributed by atoms with Crippen molar-refractivity contribution in [2.75, 3.05) is 36.8 Å². The fourth-order valence-electron chi connectivity index (χ4n) is 3.54. The van der Waals surface area contributed by atoms with Crippen molar-refractivity contribution in [3.8, 4) is 0 Å². The monoisotopic (exact) mass is 459 g/mol. The second kappa shape index (κ2) is 9.89. The van der Waals surface area contributed by atoms with Crippen molar-refractivity contribution in [2.24, 2.45) is 0 Å². The van der Waals surface area contributed by atoms with Gasteiger partial charge in [0, 0.05) is 13.1 Å². The average molecular weight is 460 g/mol. The van der Waals surface area contributed by atoms with Crippen molar-refractivity contribution in [2.45, 2.75) is 32.6 Å². The lowest BCUT2D eigenvalue weighted by atomic mass is 10.1. The van der Waals surface area contributed by atoms with Crippen LogP contribution in [-0.2, 0) is 14.6 Å². The molecule has 6 nitrogen and oxygen atoms in total. The highest BCUT2D eigenvalue weighted by Gasteiger charge is 2.27. The lowest BCUT2D eigenvalue weighted by Crippen LogP contribution is -2.41. The van der Waals surface area contributed by atoms with Crippen LogP contribution in [0.2, 0.25) is 0 Å². The smallest absolute Gasteiger partial charge is 0.244 e. The van der Waals surface area contributed by atoms with E-state index in [9.17, 15) is 13.2 Å². The van der Waals surface area contributed by atoms with E-state index in [2.05, 4.69) is 24.8 Å². The predicted octanol–water partition coefficient (Wildman–Crippen LogP) is 4.06. The Morgan fingerprint density at radius 3 is 2.35 bits per heavy atom. The van der Waals surface area contributed by atoms with Gasteiger partial charge in [0.2, 0.25) is 5.91 Å². The summed E-state index contributed by atoms with van der Waals surface area (Å²) in [6.45, 7) is 10.9. The summed E-state index contributed by atoms with van der Waals surface area (Å²) in [7, 11) is -3.74. The zero-order valence-corrected chi connectivity index (χ0v) is 20.1. The number of thiazole rings is 1. The standard InChI is InChI=1S/C23H29N3O3S2/c1-5-25(6-2)12-13-26(21(27)16-31(28,29)19-10-8-7-9-11-19)23-24-20-15-17(3)14-18(4)22(20)30-23/h7-11,14-15H,5-6,12-13,16H2,1-4H3. The molecule has 166 valence electrons. The summed E-state index contributed by atoms with van der Waals surface area (Å²) in [5, 5.41) is 0.545. The number of hydrogen-bond acceptors (Lipinski definition) is 6. The van der Waals surface area contributed by atoms with E-state index in [1.807, 2.05) is 19.9 Å². The van der Waals surface area contributed by atoms with Crippen molar-refractivity contribution in [1.29, 1.82) is 0 Å². The maximum atomic E-state index is 13.2. The fraction of sp³-hybridized carbons (Fsp3) is 0.391. The van der Waals surface area contributed by atoms with Crippen LogP contribution in [0.5, 0.6) is 0 Å². The number of amides is 1. The van der Waals surface area contributed by atoms with Gasteiger partial charge >= 0.3 is 0 Å². The van der Waals surface area contributed by atoms with Crippen LogP contribution in [0.4, 0.5) is 5.13 Å². The summed E-state index contributed by atoms with van der Waals surface area (Å²) in [4.78, 5) is 21.8. The number of aromatic nitrogens is 1. The Kier molecular flexibility index (Phi) is 7.46. The molecule has 0 aliphatic heterocycles. The summed E-state index contributed by atoms with van der Waals surface area (Å²) in [6.07, 6.45) is 0. The number of carbonyl (C=O) groups is 1. The van der Waals surface area contributed by atoms with Crippen LogP contribution in [0, 0.1) is 13.8 Å². The van der Waals surface area contributed by atoms with Crippen molar-refractivity contribution in [3.63, 3.8) is 0 Å². The van der Waals surface area contributed by atoms with Gasteiger partial charge in [0.25, 0.3) is 0 Å². The molecule has 0 radical (unpaired) electrons. The van der Waals surface area contributed by atoms with Crippen molar-refractivity contribution >= 4 is 42.4 Å². The van der Waals surface area contributed by atoms with Crippen LogP contribution in [0.3, 0.4) is 0 Å². The minimum absolute atomic E-state index is 0.155. The first-order chi connectivity index (χ1) is 14.7.